The molecule has 2 nitrogen and oxygen atoms in total. The van der Waals surface area contributed by atoms with Crippen LogP contribution in [-0.4, -0.2) is 5.91 Å². The van der Waals surface area contributed by atoms with Crippen LogP contribution in [0.1, 0.15) is 37.7 Å². The number of carbonyl (C=O) groups excluding carboxylic acids is 1. The molecular weight excluding hydrogens is 236 g/mol. The molecule has 0 unspecified atom stereocenters. The Morgan fingerprint density at radius 3 is 2.72 bits per heavy atom. The first kappa shape index (κ1) is 13.0. The van der Waals surface area contributed by atoms with E-state index in [0.29, 0.717) is 17.9 Å². The molecule has 0 radical (unpaired) electrons. The highest BCUT2D eigenvalue weighted by molar-refractivity contribution is 5.75. The van der Waals surface area contributed by atoms with Crippen molar-refractivity contribution in [3.63, 3.8) is 0 Å². The van der Waals surface area contributed by atoms with Gasteiger partial charge in [0, 0.05) is 24.6 Å². The van der Waals surface area contributed by atoms with E-state index in [1.54, 1.807) is 0 Å². The van der Waals surface area contributed by atoms with Crippen molar-refractivity contribution < 1.29 is 13.6 Å². The third-order valence-corrected chi connectivity index (χ3v) is 3.50. The summed E-state index contributed by atoms with van der Waals surface area (Å²) in [5.74, 6) is -0.592. The predicted molar refractivity (Wildman–Crippen MR) is 64.8 cm³/mol. The maximum absolute atomic E-state index is 13.3. The van der Waals surface area contributed by atoms with Crippen LogP contribution >= 0.6 is 0 Å². The predicted octanol–water partition coefficient (Wildman–Crippen LogP) is 3.16. The van der Waals surface area contributed by atoms with E-state index in [-0.39, 0.29) is 12.5 Å². The molecule has 1 aliphatic carbocycles. The van der Waals surface area contributed by atoms with E-state index in [2.05, 4.69) is 5.32 Å². The van der Waals surface area contributed by atoms with Crippen LogP contribution in [-0.2, 0) is 11.3 Å². The highest BCUT2D eigenvalue weighted by Crippen LogP contribution is 2.30. The lowest BCUT2D eigenvalue weighted by Gasteiger charge is -2.24. The average Bonchev–Trinajstić information content (AvgIpc) is 2.25. The molecule has 4 heteroatoms. The monoisotopic (exact) mass is 253 g/mol. The molecule has 0 bridgehead atoms. The zero-order chi connectivity index (χ0) is 13.0. The minimum Gasteiger partial charge on any atom is -0.352 e. The first-order chi connectivity index (χ1) is 8.65. The zero-order valence-electron chi connectivity index (χ0n) is 10.2. The number of hydrogen-bond acceptors (Lipinski definition) is 1. The number of halogens is 2. The molecule has 0 aromatic heterocycles. The molecule has 2 rings (SSSR count). The quantitative estimate of drug-likeness (QED) is 0.858. The Hall–Kier alpha value is -1.45. The molecule has 1 aromatic carbocycles. The summed E-state index contributed by atoms with van der Waals surface area (Å²) in [7, 11) is 0. The lowest BCUT2D eigenvalue weighted by atomic mass is 9.82. The molecule has 0 heterocycles. The standard InChI is InChI=1S/C14H17F2NO/c15-12-6-5-11(13(16)8-12)9-17-14(18)7-4-10-2-1-3-10/h5-6,8,10H,1-4,7,9H2,(H,17,18). The van der Waals surface area contributed by atoms with Gasteiger partial charge in [-0.05, 0) is 18.4 Å². The Balaban J connectivity index is 1.74. The molecule has 1 fully saturated rings. The van der Waals surface area contributed by atoms with Crippen molar-refractivity contribution in [2.75, 3.05) is 0 Å². The van der Waals surface area contributed by atoms with Crippen LogP contribution < -0.4 is 5.32 Å². The maximum Gasteiger partial charge on any atom is 0.220 e. The summed E-state index contributed by atoms with van der Waals surface area (Å²) < 4.78 is 26.0. The van der Waals surface area contributed by atoms with Crippen LogP contribution in [0, 0.1) is 17.6 Å². The number of hydrogen-bond donors (Lipinski definition) is 1. The number of benzene rings is 1. The number of nitrogens with one attached hydrogen (secondary N) is 1. The first-order valence-corrected chi connectivity index (χ1v) is 6.36. The van der Waals surface area contributed by atoms with Gasteiger partial charge in [-0.2, -0.15) is 0 Å². The molecule has 1 N–H and O–H groups in total. The van der Waals surface area contributed by atoms with E-state index in [4.69, 9.17) is 0 Å². The summed E-state index contributed by atoms with van der Waals surface area (Å²) in [5.41, 5.74) is 0.313. The summed E-state index contributed by atoms with van der Waals surface area (Å²) in [4.78, 5) is 11.5. The lowest BCUT2D eigenvalue weighted by Crippen LogP contribution is -2.24. The van der Waals surface area contributed by atoms with E-state index in [9.17, 15) is 13.6 Å². The van der Waals surface area contributed by atoms with Crippen LogP contribution in [0.25, 0.3) is 0 Å². The fraction of sp³-hybridized carbons (Fsp3) is 0.500. The van der Waals surface area contributed by atoms with E-state index in [1.807, 2.05) is 0 Å². The van der Waals surface area contributed by atoms with Gasteiger partial charge in [-0.3, -0.25) is 4.79 Å². The molecule has 0 aliphatic heterocycles. The molecule has 1 saturated carbocycles. The normalized spacial score (nSPS) is 15.2. The Morgan fingerprint density at radius 2 is 2.11 bits per heavy atom. The van der Waals surface area contributed by atoms with E-state index >= 15 is 0 Å². The van der Waals surface area contributed by atoms with Crippen molar-refractivity contribution in [1.82, 2.24) is 5.32 Å². The summed E-state index contributed by atoms with van der Waals surface area (Å²) >= 11 is 0. The highest BCUT2D eigenvalue weighted by atomic mass is 19.1. The largest absolute Gasteiger partial charge is 0.352 e. The molecule has 0 atom stereocenters. The van der Waals surface area contributed by atoms with E-state index in [0.717, 1.165) is 12.5 Å². The fourth-order valence-electron chi connectivity index (χ4n) is 2.06. The zero-order valence-corrected chi connectivity index (χ0v) is 10.2. The van der Waals surface area contributed by atoms with Gasteiger partial charge in [0.15, 0.2) is 0 Å². The van der Waals surface area contributed by atoms with Crippen molar-refractivity contribution in [3.8, 4) is 0 Å². The molecule has 1 aliphatic rings. The highest BCUT2D eigenvalue weighted by Gasteiger charge is 2.18. The Morgan fingerprint density at radius 1 is 1.33 bits per heavy atom. The second-order valence-corrected chi connectivity index (χ2v) is 4.85. The first-order valence-electron chi connectivity index (χ1n) is 6.36. The summed E-state index contributed by atoms with van der Waals surface area (Å²) in [6.45, 7) is 0.121. The van der Waals surface area contributed by atoms with Gasteiger partial charge >= 0.3 is 0 Å². The smallest absolute Gasteiger partial charge is 0.220 e. The second-order valence-electron chi connectivity index (χ2n) is 4.85. The van der Waals surface area contributed by atoms with Gasteiger partial charge in [0.2, 0.25) is 5.91 Å². The lowest BCUT2D eigenvalue weighted by molar-refractivity contribution is -0.121. The van der Waals surface area contributed by atoms with Gasteiger partial charge < -0.3 is 5.32 Å². The average molecular weight is 253 g/mol. The molecule has 0 spiro atoms. The van der Waals surface area contributed by atoms with E-state index < -0.39 is 11.6 Å². The third-order valence-electron chi connectivity index (χ3n) is 3.50. The Labute approximate surface area is 105 Å². The molecule has 1 aromatic rings. The topological polar surface area (TPSA) is 29.1 Å². The van der Waals surface area contributed by atoms with Crippen LogP contribution in [0.5, 0.6) is 0 Å². The van der Waals surface area contributed by atoms with Gasteiger partial charge in [0.25, 0.3) is 0 Å². The van der Waals surface area contributed by atoms with Crippen molar-refractivity contribution in [1.29, 1.82) is 0 Å². The van der Waals surface area contributed by atoms with Crippen LogP contribution in [0.15, 0.2) is 18.2 Å². The van der Waals surface area contributed by atoms with Crippen LogP contribution in [0.3, 0.4) is 0 Å². The SMILES string of the molecule is O=C(CCC1CCC1)NCc1ccc(F)cc1F. The Bertz CT molecular complexity index is 430. The number of rotatable bonds is 5. The summed E-state index contributed by atoms with van der Waals surface area (Å²) in [6, 6.07) is 3.38. The van der Waals surface area contributed by atoms with Crippen LogP contribution in [0.2, 0.25) is 0 Å². The number of amides is 1. The molecule has 1 amide bonds. The van der Waals surface area contributed by atoms with Crippen molar-refractivity contribution in [2.45, 2.75) is 38.6 Å². The molecule has 98 valence electrons. The Kier molecular flexibility index (Phi) is 4.28. The third kappa shape index (κ3) is 3.52. The van der Waals surface area contributed by atoms with Gasteiger partial charge in [-0.15, -0.1) is 0 Å². The molecule has 0 saturated heterocycles. The molecule has 18 heavy (non-hydrogen) atoms. The molecular formula is C14H17F2NO. The van der Waals surface area contributed by atoms with E-state index in [1.165, 1.54) is 31.4 Å². The number of carbonyl (C=O) groups is 1. The van der Waals surface area contributed by atoms with Gasteiger partial charge in [0.1, 0.15) is 11.6 Å². The minimum atomic E-state index is -0.616. The van der Waals surface area contributed by atoms with Gasteiger partial charge in [0.05, 0.1) is 0 Å². The van der Waals surface area contributed by atoms with Crippen molar-refractivity contribution in [2.24, 2.45) is 5.92 Å². The van der Waals surface area contributed by atoms with Crippen molar-refractivity contribution in [3.05, 3.63) is 35.4 Å². The van der Waals surface area contributed by atoms with Crippen molar-refractivity contribution >= 4 is 5.91 Å². The second kappa shape index (κ2) is 5.94. The van der Waals surface area contributed by atoms with Gasteiger partial charge in [-0.25, -0.2) is 8.78 Å². The minimum absolute atomic E-state index is 0.0642. The van der Waals surface area contributed by atoms with Gasteiger partial charge in [-0.1, -0.05) is 25.3 Å². The fourth-order valence-corrected chi connectivity index (χ4v) is 2.06. The maximum atomic E-state index is 13.3. The van der Waals surface area contributed by atoms with Crippen LogP contribution in [0.4, 0.5) is 8.78 Å². The summed E-state index contributed by atoms with van der Waals surface area (Å²) in [5, 5.41) is 2.66. The summed E-state index contributed by atoms with van der Waals surface area (Å²) in [6.07, 6.45) is 5.12.